The quantitative estimate of drug-likeness (QED) is 0.479. The standard InChI is InChI=1S/C25H44N4/c1-6-9-16-29(8-3)24(7-2)18-22(25-19-26-14-15-27-25)17-21-10-12-23(13-11-21)28-20(4)5/h14-15,18,20-21,23,28H,6-13,16-17,19H2,1-5H3/b24-18+,25-22+/t21-,23+. The summed E-state index contributed by atoms with van der Waals surface area (Å²) >= 11 is 0. The summed E-state index contributed by atoms with van der Waals surface area (Å²) in [6.07, 6.45) is 16.1. The van der Waals surface area contributed by atoms with E-state index in [9.17, 15) is 0 Å². The van der Waals surface area contributed by atoms with Crippen molar-refractivity contribution in [3.63, 3.8) is 0 Å². The molecule has 0 saturated heterocycles. The Labute approximate surface area is 179 Å². The number of aliphatic imine (C=N–C) groups is 2. The molecule has 0 aromatic carbocycles. The monoisotopic (exact) mass is 400 g/mol. The van der Waals surface area contributed by atoms with Gasteiger partial charge in [-0.1, -0.05) is 34.1 Å². The second kappa shape index (κ2) is 13.0. The lowest BCUT2D eigenvalue weighted by Gasteiger charge is -2.31. The highest BCUT2D eigenvalue weighted by Gasteiger charge is 2.23. The summed E-state index contributed by atoms with van der Waals surface area (Å²) in [7, 11) is 0. The number of unbranched alkanes of at least 4 members (excludes halogenated alkanes) is 1. The molecule has 1 heterocycles. The van der Waals surface area contributed by atoms with Gasteiger partial charge in [0, 0.05) is 43.3 Å². The molecular formula is C25H44N4. The minimum atomic E-state index is 0.585. The van der Waals surface area contributed by atoms with Crippen LogP contribution in [0.3, 0.4) is 0 Å². The van der Waals surface area contributed by atoms with E-state index in [1.807, 2.05) is 12.4 Å². The zero-order chi connectivity index (χ0) is 21.1. The van der Waals surface area contributed by atoms with Crippen LogP contribution in [0.1, 0.15) is 86.0 Å². The predicted molar refractivity (Wildman–Crippen MR) is 128 cm³/mol. The molecule has 2 aliphatic rings. The Hall–Kier alpha value is -1.42. The van der Waals surface area contributed by atoms with E-state index < -0.39 is 0 Å². The first-order valence-corrected chi connectivity index (χ1v) is 12.0. The molecule has 1 fully saturated rings. The molecule has 4 nitrogen and oxygen atoms in total. The van der Waals surface area contributed by atoms with Crippen LogP contribution in [-0.2, 0) is 0 Å². The Balaban J connectivity index is 2.14. The minimum absolute atomic E-state index is 0.585. The van der Waals surface area contributed by atoms with Gasteiger partial charge >= 0.3 is 0 Å². The number of hydrogen-bond donors (Lipinski definition) is 1. The van der Waals surface area contributed by atoms with Gasteiger partial charge in [-0.25, -0.2) is 0 Å². The van der Waals surface area contributed by atoms with Gasteiger partial charge in [0.05, 0.1) is 12.2 Å². The Morgan fingerprint density at radius 1 is 1.17 bits per heavy atom. The SMILES string of the molecule is CCCCN(CC)/C(=C/C(C[C@H]1CC[C@@H](NC(C)C)CC1)=C1\CN=CC=N1)CC. The number of nitrogens with zero attached hydrogens (tertiary/aromatic N) is 3. The molecule has 29 heavy (non-hydrogen) atoms. The maximum absolute atomic E-state index is 4.71. The number of allylic oxidation sites excluding steroid dienone is 3. The zero-order valence-electron chi connectivity index (χ0n) is 19.6. The number of hydrogen-bond acceptors (Lipinski definition) is 4. The van der Waals surface area contributed by atoms with Gasteiger partial charge in [0.1, 0.15) is 0 Å². The Morgan fingerprint density at radius 3 is 2.48 bits per heavy atom. The summed E-state index contributed by atoms with van der Waals surface area (Å²) in [4.78, 5) is 11.8. The molecule has 1 aliphatic heterocycles. The third-order valence-corrected chi connectivity index (χ3v) is 6.21. The van der Waals surface area contributed by atoms with Crippen LogP contribution in [0.15, 0.2) is 33.0 Å². The van der Waals surface area contributed by atoms with Gasteiger partial charge < -0.3 is 10.2 Å². The van der Waals surface area contributed by atoms with E-state index in [0.717, 1.165) is 38.4 Å². The Kier molecular flexibility index (Phi) is 10.7. The van der Waals surface area contributed by atoms with Gasteiger partial charge in [0.2, 0.25) is 0 Å². The summed E-state index contributed by atoms with van der Waals surface area (Å²) in [5.74, 6) is 0.767. The van der Waals surface area contributed by atoms with Crippen molar-refractivity contribution in [2.24, 2.45) is 15.9 Å². The van der Waals surface area contributed by atoms with E-state index in [4.69, 9.17) is 4.99 Å². The van der Waals surface area contributed by atoms with Crippen LogP contribution < -0.4 is 5.32 Å². The second-order valence-electron chi connectivity index (χ2n) is 8.91. The molecule has 4 heteroatoms. The highest BCUT2D eigenvalue weighted by molar-refractivity contribution is 6.17. The van der Waals surface area contributed by atoms with E-state index in [1.165, 1.54) is 55.5 Å². The third-order valence-electron chi connectivity index (χ3n) is 6.21. The fourth-order valence-electron chi connectivity index (χ4n) is 4.58. The van der Waals surface area contributed by atoms with Crippen molar-refractivity contribution in [1.29, 1.82) is 0 Å². The molecule has 1 aliphatic carbocycles. The first-order chi connectivity index (χ1) is 14.1. The molecule has 0 unspecified atom stereocenters. The summed E-state index contributed by atoms with van der Waals surface area (Å²) in [5.41, 5.74) is 4.06. The summed E-state index contributed by atoms with van der Waals surface area (Å²) in [5, 5.41) is 3.73. The van der Waals surface area contributed by atoms with Crippen LogP contribution in [0.4, 0.5) is 0 Å². The van der Waals surface area contributed by atoms with Gasteiger partial charge in [-0.15, -0.1) is 0 Å². The normalized spacial score (nSPS) is 24.3. The van der Waals surface area contributed by atoms with Crippen LogP contribution in [0, 0.1) is 5.92 Å². The van der Waals surface area contributed by atoms with Crippen molar-refractivity contribution in [3.05, 3.63) is 23.0 Å². The highest BCUT2D eigenvalue weighted by Crippen LogP contribution is 2.32. The van der Waals surface area contributed by atoms with Crippen LogP contribution in [0.5, 0.6) is 0 Å². The molecule has 0 aromatic rings. The molecule has 2 rings (SSSR count). The minimum Gasteiger partial charge on any atom is -0.375 e. The Bertz CT molecular complexity index is 592. The average Bonchev–Trinajstić information content (AvgIpc) is 2.74. The molecule has 1 N–H and O–H groups in total. The topological polar surface area (TPSA) is 40.0 Å². The molecule has 0 aromatic heterocycles. The van der Waals surface area contributed by atoms with E-state index in [1.54, 1.807) is 0 Å². The first-order valence-electron chi connectivity index (χ1n) is 12.0. The van der Waals surface area contributed by atoms with E-state index in [0.29, 0.717) is 12.1 Å². The molecule has 0 atom stereocenters. The fraction of sp³-hybridized carbons (Fsp3) is 0.760. The summed E-state index contributed by atoms with van der Waals surface area (Å²) in [6, 6.07) is 1.29. The molecule has 0 bridgehead atoms. The van der Waals surface area contributed by atoms with Gasteiger partial charge in [-0.2, -0.15) is 0 Å². The van der Waals surface area contributed by atoms with Gasteiger partial charge in [0.15, 0.2) is 0 Å². The van der Waals surface area contributed by atoms with Crippen molar-refractivity contribution in [3.8, 4) is 0 Å². The summed E-state index contributed by atoms with van der Waals surface area (Å²) in [6.45, 7) is 14.3. The van der Waals surface area contributed by atoms with Gasteiger partial charge in [-0.05, 0) is 69.4 Å². The molecular weight excluding hydrogens is 356 g/mol. The van der Waals surface area contributed by atoms with Crippen LogP contribution in [0.25, 0.3) is 0 Å². The van der Waals surface area contributed by atoms with Crippen LogP contribution in [0.2, 0.25) is 0 Å². The Morgan fingerprint density at radius 2 is 1.93 bits per heavy atom. The van der Waals surface area contributed by atoms with Crippen LogP contribution in [-0.4, -0.2) is 49.0 Å². The smallest absolute Gasteiger partial charge is 0.0815 e. The molecule has 0 amide bonds. The lowest BCUT2D eigenvalue weighted by atomic mass is 9.81. The van der Waals surface area contributed by atoms with E-state index in [2.05, 4.69) is 55.9 Å². The highest BCUT2D eigenvalue weighted by atomic mass is 15.1. The van der Waals surface area contributed by atoms with E-state index >= 15 is 0 Å². The first kappa shape index (κ1) is 23.9. The van der Waals surface area contributed by atoms with Crippen molar-refractivity contribution < 1.29 is 0 Å². The van der Waals surface area contributed by atoms with Crippen molar-refractivity contribution >= 4 is 12.4 Å². The van der Waals surface area contributed by atoms with Crippen molar-refractivity contribution in [1.82, 2.24) is 10.2 Å². The molecule has 164 valence electrons. The maximum Gasteiger partial charge on any atom is 0.0815 e. The third kappa shape index (κ3) is 8.08. The number of rotatable bonds is 11. The second-order valence-corrected chi connectivity index (χ2v) is 8.91. The molecule has 0 radical (unpaired) electrons. The zero-order valence-corrected chi connectivity index (χ0v) is 19.6. The fourth-order valence-corrected chi connectivity index (χ4v) is 4.58. The van der Waals surface area contributed by atoms with Crippen LogP contribution >= 0.6 is 0 Å². The van der Waals surface area contributed by atoms with Crippen molar-refractivity contribution in [2.45, 2.75) is 98.1 Å². The largest absolute Gasteiger partial charge is 0.375 e. The van der Waals surface area contributed by atoms with E-state index in [-0.39, 0.29) is 0 Å². The van der Waals surface area contributed by atoms with Gasteiger partial charge in [-0.3, -0.25) is 9.98 Å². The molecule has 1 saturated carbocycles. The number of nitrogens with one attached hydrogen (secondary N) is 1. The lowest BCUT2D eigenvalue weighted by Crippen LogP contribution is -2.37. The van der Waals surface area contributed by atoms with Crippen molar-refractivity contribution in [2.75, 3.05) is 19.6 Å². The average molecular weight is 401 g/mol. The maximum atomic E-state index is 4.71. The summed E-state index contributed by atoms with van der Waals surface area (Å²) < 4.78 is 0. The predicted octanol–water partition coefficient (Wildman–Crippen LogP) is 5.76. The lowest BCUT2D eigenvalue weighted by molar-refractivity contribution is 0.279. The molecule has 0 spiro atoms. The van der Waals surface area contributed by atoms with Gasteiger partial charge in [0.25, 0.3) is 0 Å².